The van der Waals surface area contributed by atoms with Gasteiger partial charge in [0.05, 0.1) is 0 Å². The molecule has 0 fully saturated rings. The highest BCUT2D eigenvalue weighted by atomic mass is 35.5. The maximum Gasteiger partial charge on any atom is 0.359 e. The standard InChI is InChI=1S/C7H4Cl2N.2ClH/c1-10-7-4-5(8)2-3-6(7)9;;/h1-4H;2*1H/q+1;;/p-1. The molecule has 1 rings (SSSR count). The molecule has 0 unspecified atom stereocenters. The summed E-state index contributed by atoms with van der Waals surface area (Å²) in [6.45, 7) is 5.00. The molecule has 0 radical (unpaired) electrons. The molecule has 1 nitrogen and oxygen atoms in total. The fourth-order valence-corrected chi connectivity index (χ4v) is 0.917. The average molecular weight is 245 g/mol. The number of hydrogen-bond acceptors (Lipinski definition) is 0. The molecule has 66 valence electrons. The van der Waals surface area contributed by atoms with Crippen LogP contribution in [0.1, 0.15) is 0 Å². The van der Waals surface area contributed by atoms with Gasteiger partial charge in [-0.1, -0.05) is 23.2 Å². The zero-order valence-corrected chi connectivity index (χ0v) is 8.88. The molecule has 0 N–H and O–H groups in total. The summed E-state index contributed by atoms with van der Waals surface area (Å²) in [7, 11) is 0. The summed E-state index contributed by atoms with van der Waals surface area (Å²) in [5, 5.41) is 1.08. The van der Waals surface area contributed by atoms with E-state index in [1.165, 1.54) is 0 Å². The number of nitrogens with zero attached hydrogens (tertiary/aromatic N) is 1. The Morgan fingerprint density at radius 1 is 1.25 bits per heavy atom. The fourth-order valence-electron chi connectivity index (χ4n) is 0.585. The van der Waals surface area contributed by atoms with Gasteiger partial charge in [0.1, 0.15) is 5.02 Å². The number of hydrogen-bond donors (Lipinski definition) is 0. The quantitative estimate of drug-likeness (QED) is 0.642. The lowest BCUT2D eigenvalue weighted by Crippen LogP contribution is -3.00. The van der Waals surface area contributed by atoms with Crippen LogP contribution in [0.5, 0.6) is 0 Å². The van der Waals surface area contributed by atoms with Crippen molar-refractivity contribution >= 4 is 41.3 Å². The molecule has 5 heteroatoms. The zero-order chi connectivity index (χ0) is 7.56. The second-order valence-corrected chi connectivity index (χ2v) is 2.57. The third kappa shape index (κ3) is 3.51. The normalized spacial score (nSPS) is 7.42. The van der Waals surface area contributed by atoms with E-state index in [-0.39, 0.29) is 24.8 Å². The summed E-state index contributed by atoms with van der Waals surface area (Å²) in [5.41, 5.74) is 0.508. The van der Waals surface area contributed by atoms with Crippen LogP contribution in [0.15, 0.2) is 18.2 Å². The summed E-state index contributed by atoms with van der Waals surface area (Å²) >= 11 is 11.3. The van der Waals surface area contributed by atoms with E-state index in [9.17, 15) is 0 Å². The summed E-state index contributed by atoms with van der Waals surface area (Å²) in [5.74, 6) is 0. The Kier molecular flexibility index (Phi) is 7.67. The van der Waals surface area contributed by atoms with Gasteiger partial charge in [0.15, 0.2) is 0 Å². The molecule has 0 saturated heterocycles. The highest BCUT2D eigenvalue weighted by Crippen LogP contribution is 2.27. The maximum atomic E-state index is 5.66. The Bertz CT molecular complexity index is 292. The van der Waals surface area contributed by atoms with Crippen LogP contribution in [0.3, 0.4) is 0 Å². The number of halogens is 4. The van der Waals surface area contributed by atoms with Crippen molar-refractivity contribution in [2.45, 2.75) is 0 Å². The molecule has 0 heterocycles. The lowest BCUT2D eigenvalue weighted by molar-refractivity contribution is -0.00000198. The van der Waals surface area contributed by atoms with Crippen LogP contribution in [0, 0.1) is 6.57 Å². The lowest BCUT2D eigenvalue weighted by atomic mass is 10.3. The van der Waals surface area contributed by atoms with Gasteiger partial charge in [0.2, 0.25) is 0 Å². The van der Waals surface area contributed by atoms with Crippen LogP contribution < -0.4 is 12.4 Å². The molecule has 12 heavy (non-hydrogen) atoms. The molecule has 0 aliphatic carbocycles. The Balaban J connectivity index is 0. The topological polar surface area (TPSA) is 4.36 Å². The zero-order valence-electron chi connectivity index (χ0n) is 5.80. The average Bonchev–Trinajstić information content (AvgIpc) is 1.94. The summed E-state index contributed by atoms with van der Waals surface area (Å²) in [6.07, 6.45) is 0. The minimum Gasteiger partial charge on any atom is -1.00 e. The van der Waals surface area contributed by atoms with Gasteiger partial charge in [-0.2, -0.15) is 0 Å². The molecular formula is C7H5Cl4N. The first kappa shape index (κ1) is 14.4. The van der Waals surface area contributed by atoms with Gasteiger partial charge in [0.25, 0.3) is 6.57 Å². The van der Waals surface area contributed by atoms with Gasteiger partial charge in [-0.3, -0.25) is 0 Å². The molecule has 0 saturated carbocycles. The van der Waals surface area contributed by atoms with E-state index in [2.05, 4.69) is 4.85 Å². The van der Waals surface area contributed by atoms with E-state index >= 15 is 0 Å². The van der Waals surface area contributed by atoms with Gasteiger partial charge in [-0.25, -0.2) is 0 Å². The third-order valence-electron chi connectivity index (χ3n) is 1.05. The van der Waals surface area contributed by atoms with Crippen molar-refractivity contribution in [2.75, 3.05) is 0 Å². The van der Waals surface area contributed by atoms with E-state index in [0.717, 1.165) is 0 Å². The van der Waals surface area contributed by atoms with Crippen molar-refractivity contribution < 1.29 is 12.4 Å². The Labute approximate surface area is 93.3 Å². The molecule has 1 aromatic rings. The van der Waals surface area contributed by atoms with E-state index in [1.807, 2.05) is 0 Å². The van der Waals surface area contributed by atoms with Crippen LogP contribution in [0.25, 0.3) is 4.85 Å². The molecule has 0 aliphatic rings. The van der Waals surface area contributed by atoms with E-state index < -0.39 is 0 Å². The maximum absolute atomic E-state index is 5.66. The number of benzene rings is 1. The van der Waals surface area contributed by atoms with Crippen LogP contribution >= 0.6 is 35.6 Å². The van der Waals surface area contributed by atoms with E-state index in [4.69, 9.17) is 29.8 Å². The molecule has 0 amide bonds. The van der Waals surface area contributed by atoms with Crippen molar-refractivity contribution in [3.05, 3.63) is 33.1 Å². The van der Waals surface area contributed by atoms with Crippen LogP contribution in [0.4, 0.5) is 5.69 Å². The molecule has 0 spiro atoms. The Hall–Kier alpha value is -0.130. The summed E-state index contributed by atoms with van der Waals surface area (Å²) in [6, 6.07) is 4.93. The third-order valence-corrected chi connectivity index (χ3v) is 1.60. The highest BCUT2D eigenvalue weighted by molar-refractivity contribution is 6.35. The molecule has 0 bridgehead atoms. The van der Waals surface area contributed by atoms with Crippen molar-refractivity contribution in [3.63, 3.8) is 0 Å². The molecule has 0 aliphatic heterocycles. The predicted molar refractivity (Wildman–Crippen MR) is 51.7 cm³/mol. The van der Waals surface area contributed by atoms with E-state index in [1.54, 1.807) is 18.2 Å². The first-order valence-corrected chi connectivity index (χ1v) is 3.35. The SMILES string of the molecule is C#[N+]c1cc(Cl)ccc1Cl.Cl.[Cl-]. The summed E-state index contributed by atoms with van der Waals surface area (Å²) < 4.78 is 0. The molecule has 0 atom stereocenters. The lowest BCUT2D eigenvalue weighted by Gasteiger charge is -1.85. The molecule has 0 aromatic heterocycles. The minimum atomic E-state index is 0. The Morgan fingerprint density at radius 3 is 2.25 bits per heavy atom. The van der Waals surface area contributed by atoms with Crippen molar-refractivity contribution in [1.82, 2.24) is 0 Å². The van der Waals surface area contributed by atoms with Gasteiger partial charge >= 0.3 is 5.69 Å². The van der Waals surface area contributed by atoms with Crippen LogP contribution in [0.2, 0.25) is 10.0 Å². The fraction of sp³-hybridized carbons (Fsp3) is 0. The van der Waals surface area contributed by atoms with E-state index in [0.29, 0.717) is 15.7 Å². The van der Waals surface area contributed by atoms with Gasteiger partial charge in [-0.05, 0) is 17.0 Å². The second kappa shape index (κ2) is 6.39. The molecular weight excluding hydrogens is 240 g/mol. The second-order valence-electron chi connectivity index (χ2n) is 1.72. The van der Waals surface area contributed by atoms with Crippen molar-refractivity contribution in [2.24, 2.45) is 0 Å². The molecule has 1 aromatic carbocycles. The van der Waals surface area contributed by atoms with Crippen LogP contribution in [-0.4, -0.2) is 0 Å². The van der Waals surface area contributed by atoms with Gasteiger partial charge < -0.3 is 12.4 Å². The highest BCUT2D eigenvalue weighted by Gasteiger charge is 2.07. The van der Waals surface area contributed by atoms with Gasteiger partial charge in [0, 0.05) is 11.1 Å². The first-order chi connectivity index (χ1) is 4.74. The monoisotopic (exact) mass is 243 g/mol. The minimum absolute atomic E-state index is 0. The van der Waals surface area contributed by atoms with Crippen molar-refractivity contribution in [3.8, 4) is 6.57 Å². The van der Waals surface area contributed by atoms with Gasteiger partial charge in [-0.15, -0.1) is 12.4 Å². The van der Waals surface area contributed by atoms with Crippen molar-refractivity contribution in [1.29, 1.82) is 0 Å². The van der Waals surface area contributed by atoms with Crippen LogP contribution in [-0.2, 0) is 0 Å². The largest absolute Gasteiger partial charge is 1.00 e. The first-order valence-electron chi connectivity index (χ1n) is 2.60. The Morgan fingerprint density at radius 2 is 1.83 bits per heavy atom. The smallest absolute Gasteiger partial charge is 0.359 e. The summed E-state index contributed by atoms with van der Waals surface area (Å²) in [4.78, 5) is 3.41. The predicted octanol–water partition coefficient (Wildman–Crippen LogP) is 1.01. The number of rotatable bonds is 0.